The van der Waals surface area contributed by atoms with Gasteiger partial charge in [0.25, 0.3) is 5.91 Å². The van der Waals surface area contributed by atoms with Gasteiger partial charge in [0, 0.05) is 11.8 Å². The zero-order valence-electron chi connectivity index (χ0n) is 9.98. The van der Waals surface area contributed by atoms with Crippen LogP contribution in [0.2, 0.25) is 5.15 Å². The number of hydrogen-bond acceptors (Lipinski definition) is 3. The minimum atomic E-state index is -0.424. The highest BCUT2D eigenvalue weighted by atomic mass is 35.5. The van der Waals surface area contributed by atoms with E-state index in [1.807, 2.05) is 0 Å². The zero-order valence-corrected chi connectivity index (χ0v) is 10.7. The standard InChI is InChI=1S/C13H10ClFN2O2/c1-19-11-7-6-10(12(14)17-11)13(18)16-9-4-2-8(15)3-5-9/h2-7H,1H3,(H,16,18). The van der Waals surface area contributed by atoms with E-state index in [2.05, 4.69) is 10.3 Å². The number of pyridine rings is 1. The molecular formula is C13H10ClFN2O2. The first-order chi connectivity index (χ1) is 9.10. The van der Waals surface area contributed by atoms with Crippen molar-refractivity contribution in [3.63, 3.8) is 0 Å². The maximum Gasteiger partial charge on any atom is 0.258 e. The van der Waals surface area contributed by atoms with Crippen molar-refractivity contribution < 1.29 is 13.9 Å². The zero-order chi connectivity index (χ0) is 13.8. The van der Waals surface area contributed by atoms with Crippen LogP contribution in [0.4, 0.5) is 10.1 Å². The summed E-state index contributed by atoms with van der Waals surface area (Å²) in [6.07, 6.45) is 0. The summed E-state index contributed by atoms with van der Waals surface area (Å²) in [5.41, 5.74) is 0.685. The van der Waals surface area contributed by atoms with E-state index in [1.54, 1.807) is 0 Å². The first-order valence-corrected chi connectivity index (χ1v) is 5.75. The summed E-state index contributed by atoms with van der Waals surface area (Å²) in [4.78, 5) is 15.8. The van der Waals surface area contributed by atoms with Crippen LogP contribution in [-0.4, -0.2) is 18.0 Å². The SMILES string of the molecule is COc1ccc(C(=O)Nc2ccc(F)cc2)c(Cl)n1. The van der Waals surface area contributed by atoms with Gasteiger partial charge in [0.15, 0.2) is 0 Å². The summed E-state index contributed by atoms with van der Waals surface area (Å²) in [6.45, 7) is 0. The summed E-state index contributed by atoms with van der Waals surface area (Å²) >= 11 is 5.88. The average molecular weight is 281 g/mol. The predicted octanol–water partition coefficient (Wildman–Crippen LogP) is 3.14. The Labute approximate surface area is 114 Å². The van der Waals surface area contributed by atoms with Crippen LogP contribution in [0.25, 0.3) is 0 Å². The maximum atomic E-state index is 12.7. The van der Waals surface area contributed by atoms with E-state index in [1.165, 1.54) is 43.5 Å². The molecule has 0 radical (unpaired) electrons. The van der Waals surface area contributed by atoms with Crippen LogP contribution in [0.5, 0.6) is 5.88 Å². The summed E-state index contributed by atoms with van der Waals surface area (Å²) in [7, 11) is 1.46. The van der Waals surface area contributed by atoms with E-state index in [0.717, 1.165) is 0 Å². The summed E-state index contributed by atoms with van der Waals surface area (Å²) in [6, 6.07) is 8.46. The van der Waals surface area contributed by atoms with Gasteiger partial charge in [-0.05, 0) is 30.3 Å². The van der Waals surface area contributed by atoms with Crippen LogP contribution in [0.15, 0.2) is 36.4 Å². The number of anilines is 1. The Bertz CT molecular complexity index is 602. The molecule has 0 unspecified atom stereocenters. The Balaban J connectivity index is 2.18. The molecule has 0 saturated carbocycles. The lowest BCUT2D eigenvalue weighted by Gasteiger charge is -2.07. The second-order valence-electron chi connectivity index (χ2n) is 3.65. The van der Waals surface area contributed by atoms with Crippen molar-refractivity contribution in [1.29, 1.82) is 0 Å². The number of carbonyl (C=O) groups excluding carboxylic acids is 1. The van der Waals surface area contributed by atoms with Crippen LogP contribution in [0, 0.1) is 5.82 Å². The van der Waals surface area contributed by atoms with Crippen molar-refractivity contribution in [2.75, 3.05) is 12.4 Å². The van der Waals surface area contributed by atoms with Crippen molar-refractivity contribution in [3.8, 4) is 5.88 Å². The fraction of sp³-hybridized carbons (Fsp3) is 0.0769. The lowest BCUT2D eigenvalue weighted by atomic mass is 10.2. The topological polar surface area (TPSA) is 51.2 Å². The van der Waals surface area contributed by atoms with Crippen molar-refractivity contribution in [3.05, 3.63) is 52.9 Å². The van der Waals surface area contributed by atoms with Gasteiger partial charge in [-0.2, -0.15) is 0 Å². The van der Waals surface area contributed by atoms with Crippen LogP contribution in [0.1, 0.15) is 10.4 Å². The van der Waals surface area contributed by atoms with E-state index < -0.39 is 5.91 Å². The van der Waals surface area contributed by atoms with Crippen LogP contribution in [-0.2, 0) is 0 Å². The van der Waals surface area contributed by atoms with Gasteiger partial charge < -0.3 is 10.1 Å². The Kier molecular flexibility index (Phi) is 3.97. The molecular weight excluding hydrogens is 271 g/mol. The molecule has 6 heteroatoms. The number of aromatic nitrogens is 1. The van der Waals surface area contributed by atoms with Crippen LogP contribution in [0.3, 0.4) is 0 Å². The van der Waals surface area contributed by atoms with E-state index in [9.17, 15) is 9.18 Å². The smallest absolute Gasteiger partial charge is 0.258 e. The number of halogens is 2. The normalized spacial score (nSPS) is 10.1. The average Bonchev–Trinajstić information content (AvgIpc) is 2.41. The molecule has 0 saturated heterocycles. The molecule has 2 rings (SSSR count). The Morgan fingerprint density at radius 2 is 1.95 bits per heavy atom. The van der Waals surface area contributed by atoms with Gasteiger partial charge in [-0.15, -0.1) is 0 Å². The second kappa shape index (κ2) is 5.67. The first kappa shape index (κ1) is 13.3. The van der Waals surface area contributed by atoms with E-state index in [-0.39, 0.29) is 16.5 Å². The number of amides is 1. The van der Waals surface area contributed by atoms with Crippen molar-refractivity contribution in [1.82, 2.24) is 4.98 Å². The fourth-order valence-corrected chi connectivity index (χ4v) is 1.66. The number of hydrogen-bond donors (Lipinski definition) is 1. The Morgan fingerprint density at radius 1 is 1.26 bits per heavy atom. The molecule has 0 atom stereocenters. The van der Waals surface area contributed by atoms with Gasteiger partial charge in [0.05, 0.1) is 12.7 Å². The van der Waals surface area contributed by atoms with Gasteiger partial charge in [0.2, 0.25) is 5.88 Å². The summed E-state index contributed by atoms with van der Waals surface area (Å²) in [5, 5.41) is 2.63. The predicted molar refractivity (Wildman–Crippen MR) is 70.2 cm³/mol. The Hall–Kier alpha value is -2.14. The first-order valence-electron chi connectivity index (χ1n) is 5.37. The van der Waals surface area contributed by atoms with Gasteiger partial charge in [-0.3, -0.25) is 4.79 Å². The molecule has 19 heavy (non-hydrogen) atoms. The van der Waals surface area contributed by atoms with Gasteiger partial charge >= 0.3 is 0 Å². The number of ether oxygens (including phenoxy) is 1. The van der Waals surface area contributed by atoms with E-state index in [4.69, 9.17) is 16.3 Å². The number of carbonyl (C=O) groups is 1. The summed E-state index contributed by atoms with van der Waals surface area (Å²) in [5.74, 6) is -0.475. The molecule has 1 heterocycles. The van der Waals surface area contributed by atoms with E-state index >= 15 is 0 Å². The van der Waals surface area contributed by atoms with Crippen molar-refractivity contribution in [2.24, 2.45) is 0 Å². The third kappa shape index (κ3) is 3.20. The molecule has 1 amide bonds. The highest BCUT2D eigenvalue weighted by Crippen LogP contribution is 2.19. The Morgan fingerprint density at radius 3 is 2.53 bits per heavy atom. The molecule has 0 aliphatic heterocycles. The molecule has 2 aromatic rings. The van der Waals surface area contributed by atoms with Gasteiger partial charge in [-0.1, -0.05) is 11.6 Å². The van der Waals surface area contributed by atoms with Crippen LogP contribution >= 0.6 is 11.6 Å². The maximum absolute atomic E-state index is 12.7. The molecule has 1 aromatic heterocycles. The van der Waals surface area contributed by atoms with Gasteiger partial charge in [0.1, 0.15) is 11.0 Å². The third-order valence-corrected chi connectivity index (χ3v) is 2.67. The molecule has 98 valence electrons. The lowest BCUT2D eigenvalue weighted by Crippen LogP contribution is -2.13. The fourth-order valence-electron chi connectivity index (χ4n) is 1.43. The number of benzene rings is 1. The molecule has 0 aliphatic carbocycles. The molecule has 4 nitrogen and oxygen atoms in total. The van der Waals surface area contributed by atoms with Crippen molar-refractivity contribution >= 4 is 23.2 Å². The molecule has 0 fully saturated rings. The minimum absolute atomic E-state index is 0.0407. The van der Waals surface area contributed by atoms with Gasteiger partial charge in [-0.25, -0.2) is 9.37 Å². The summed E-state index contributed by atoms with van der Waals surface area (Å²) < 4.78 is 17.6. The number of nitrogens with one attached hydrogen (secondary N) is 1. The molecule has 0 bridgehead atoms. The monoisotopic (exact) mass is 280 g/mol. The highest BCUT2D eigenvalue weighted by molar-refractivity contribution is 6.33. The number of methoxy groups -OCH3 is 1. The largest absolute Gasteiger partial charge is 0.481 e. The quantitative estimate of drug-likeness (QED) is 0.879. The molecule has 0 spiro atoms. The molecule has 1 N–H and O–H groups in total. The third-order valence-electron chi connectivity index (χ3n) is 2.38. The second-order valence-corrected chi connectivity index (χ2v) is 4.01. The van der Waals surface area contributed by atoms with Crippen LogP contribution < -0.4 is 10.1 Å². The number of nitrogens with zero attached hydrogens (tertiary/aromatic N) is 1. The highest BCUT2D eigenvalue weighted by Gasteiger charge is 2.12. The molecule has 1 aromatic carbocycles. The molecule has 0 aliphatic rings. The lowest BCUT2D eigenvalue weighted by molar-refractivity contribution is 0.102. The van der Waals surface area contributed by atoms with Crippen molar-refractivity contribution in [2.45, 2.75) is 0 Å². The number of rotatable bonds is 3. The van der Waals surface area contributed by atoms with E-state index in [0.29, 0.717) is 11.6 Å². The minimum Gasteiger partial charge on any atom is -0.481 e.